The fraction of sp³-hybridized carbons (Fsp3) is 0.500. The second-order valence-electron chi connectivity index (χ2n) is 4.49. The summed E-state index contributed by atoms with van der Waals surface area (Å²) in [6.45, 7) is 9.32. The third-order valence-electron chi connectivity index (χ3n) is 2.89. The molecule has 0 spiro atoms. The Morgan fingerprint density at radius 2 is 2.00 bits per heavy atom. The summed E-state index contributed by atoms with van der Waals surface area (Å²) in [6, 6.07) is 6.45. The van der Waals surface area contributed by atoms with Crippen molar-refractivity contribution in [3.8, 4) is 5.75 Å². The van der Waals surface area contributed by atoms with Crippen LogP contribution in [-0.2, 0) is 0 Å². The van der Waals surface area contributed by atoms with Gasteiger partial charge in [0.2, 0.25) is 0 Å². The maximum atomic E-state index is 5.70. The predicted octanol–water partition coefficient (Wildman–Crippen LogP) is 4.85. The van der Waals surface area contributed by atoms with E-state index in [2.05, 4.69) is 51.1 Å². The average Bonchev–Trinajstić information content (AvgIpc) is 2.32. The Labute approximate surface area is 106 Å². The minimum Gasteiger partial charge on any atom is -0.494 e. The predicted molar refractivity (Wildman–Crippen MR) is 74.8 cm³/mol. The molecule has 1 aromatic carbocycles. The Hall–Kier alpha value is -1.24. The number of ether oxygens (including phenoxy) is 1. The lowest BCUT2D eigenvalue weighted by Gasteiger charge is -2.16. The van der Waals surface area contributed by atoms with Gasteiger partial charge in [-0.3, -0.25) is 0 Å². The molecule has 94 valence electrons. The zero-order valence-electron chi connectivity index (χ0n) is 11.5. The summed E-state index contributed by atoms with van der Waals surface area (Å²) < 4.78 is 5.70. The van der Waals surface area contributed by atoms with Crippen molar-refractivity contribution in [3.63, 3.8) is 0 Å². The molecule has 0 aliphatic carbocycles. The van der Waals surface area contributed by atoms with Crippen molar-refractivity contribution in [3.05, 3.63) is 41.5 Å². The average molecular weight is 232 g/mol. The van der Waals surface area contributed by atoms with Gasteiger partial charge in [-0.15, -0.1) is 0 Å². The summed E-state index contributed by atoms with van der Waals surface area (Å²) in [5, 5.41) is 0. The molecule has 0 aromatic heterocycles. The first-order valence-corrected chi connectivity index (χ1v) is 6.57. The van der Waals surface area contributed by atoms with Gasteiger partial charge in [0, 0.05) is 0 Å². The first-order valence-electron chi connectivity index (χ1n) is 6.57. The Balaban J connectivity index is 2.85. The molecule has 0 saturated carbocycles. The minimum atomic E-state index is 0.513. The summed E-state index contributed by atoms with van der Waals surface area (Å²) >= 11 is 0. The van der Waals surface area contributed by atoms with Gasteiger partial charge in [0.05, 0.1) is 6.61 Å². The molecular formula is C16H24O. The number of hydrogen-bond acceptors (Lipinski definition) is 1. The van der Waals surface area contributed by atoms with Crippen LogP contribution in [0.3, 0.4) is 0 Å². The van der Waals surface area contributed by atoms with Crippen LogP contribution in [0.4, 0.5) is 0 Å². The fourth-order valence-electron chi connectivity index (χ4n) is 1.93. The van der Waals surface area contributed by atoms with Gasteiger partial charge in [-0.1, -0.05) is 43.7 Å². The molecule has 1 nitrogen and oxygen atoms in total. The van der Waals surface area contributed by atoms with E-state index in [0.717, 1.165) is 25.2 Å². The van der Waals surface area contributed by atoms with E-state index >= 15 is 0 Å². The van der Waals surface area contributed by atoms with Crippen LogP contribution in [0.2, 0.25) is 0 Å². The van der Waals surface area contributed by atoms with Crippen molar-refractivity contribution in [1.82, 2.24) is 0 Å². The second kappa shape index (κ2) is 7.16. The molecule has 1 rings (SSSR count). The Kier molecular flexibility index (Phi) is 5.82. The normalized spacial score (nSPS) is 12.9. The van der Waals surface area contributed by atoms with Crippen molar-refractivity contribution in [2.45, 2.75) is 46.5 Å². The van der Waals surface area contributed by atoms with E-state index in [-0.39, 0.29) is 0 Å². The maximum absolute atomic E-state index is 5.70. The first-order chi connectivity index (χ1) is 8.19. The summed E-state index contributed by atoms with van der Waals surface area (Å²) in [6.07, 6.45) is 6.69. The van der Waals surface area contributed by atoms with Gasteiger partial charge in [0.15, 0.2) is 0 Å². The topological polar surface area (TPSA) is 9.23 Å². The van der Waals surface area contributed by atoms with Gasteiger partial charge in [-0.2, -0.15) is 0 Å². The van der Waals surface area contributed by atoms with E-state index in [1.165, 1.54) is 11.1 Å². The minimum absolute atomic E-state index is 0.513. The Morgan fingerprint density at radius 1 is 1.24 bits per heavy atom. The zero-order chi connectivity index (χ0) is 12.7. The molecule has 0 heterocycles. The highest BCUT2D eigenvalue weighted by atomic mass is 16.5. The van der Waals surface area contributed by atoms with E-state index in [9.17, 15) is 0 Å². The molecule has 17 heavy (non-hydrogen) atoms. The molecule has 1 aromatic rings. The number of benzene rings is 1. The molecule has 0 amide bonds. The van der Waals surface area contributed by atoms with E-state index < -0.39 is 0 Å². The maximum Gasteiger partial charge on any atom is 0.122 e. The largest absolute Gasteiger partial charge is 0.494 e. The van der Waals surface area contributed by atoms with Gasteiger partial charge < -0.3 is 4.74 Å². The van der Waals surface area contributed by atoms with Gasteiger partial charge in [0.1, 0.15) is 5.75 Å². The molecule has 0 radical (unpaired) electrons. The lowest BCUT2D eigenvalue weighted by Crippen LogP contribution is -2.00. The van der Waals surface area contributed by atoms with Crippen LogP contribution in [0.25, 0.3) is 0 Å². The van der Waals surface area contributed by atoms with Crippen molar-refractivity contribution in [2.75, 3.05) is 6.61 Å². The highest BCUT2D eigenvalue weighted by molar-refractivity contribution is 5.39. The number of aryl methyl sites for hydroxylation is 1. The summed E-state index contributed by atoms with van der Waals surface area (Å²) in [4.78, 5) is 0. The van der Waals surface area contributed by atoms with Crippen LogP contribution in [0, 0.1) is 6.92 Å². The summed E-state index contributed by atoms with van der Waals surface area (Å²) in [5.74, 6) is 1.55. The van der Waals surface area contributed by atoms with Gasteiger partial charge in [-0.05, 0) is 44.2 Å². The van der Waals surface area contributed by atoms with Crippen LogP contribution < -0.4 is 4.74 Å². The van der Waals surface area contributed by atoms with Crippen molar-refractivity contribution < 1.29 is 4.74 Å². The van der Waals surface area contributed by atoms with Crippen LogP contribution in [0.15, 0.2) is 30.4 Å². The van der Waals surface area contributed by atoms with Crippen molar-refractivity contribution in [1.29, 1.82) is 0 Å². The third kappa shape index (κ3) is 4.26. The molecule has 0 aliphatic rings. The molecule has 0 fully saturated rings. The van der Waals surface area contributed by atoms with Crippen LogP contribution in [-0.4, -0.2) is 6.61 Å². The number of rotatable bonds is 6. The number of allylic oxidation sites excluding steroid dienone is 2. The second-order valence-corrected chi connectivity index (χ2v) is 4.49. The molecule has 1 unspecified atom stereocenters. The molecule has 0 N–H and O–H groups in total. The highest BCUT2D eigenvalue weighted by Crippen LogP contribution is 2.30. The highest BCUT2D eigenvalue weighted by Gasteiger charge is 2.10. The Morgan fingerprint density at radius 3 is 2.65 bits per heavy atom. The van der Waals surface area contributed by atoms with Gasteiger partial charge in [0.25, 0.3) is 0 Å². The van der Waals surface area contributed by atoms with Crippen LogP contribution >= 0.6 is 0 Å². The lowest BCUT2D eigenvalue weighted by atomic mass is 9.95. The molecule has 0 aliphatic heterocycles. The molecule has 1 heteroatoms. The quantitative estimate of drug-likeness (QED) is 0.637. The molecule has 0 saturated heterocycles. The van der Waals surface area contributed by atoms with Crippen molar-refractivity contribution >= 4 is 0 Å². The van der Waals surface area contributed by atoms with Gasteiger partial charge in [-0.25, -0.2) is 0 Å². The fourth-order valence-corrected chi connectivity index (χ4v) is 1.93. The SMILES string of the molecule is CC/C=C\CC(C)c1cc(C)ccc1OCC. The van der Waals surface area contributed by atoms with Crippen LogP contribution in [0.1, 0.15) is 50.7 Å². The van der Waals surface area contributed by atoms with Crippen molar-refractivity contribution in [2.24, 2.45) is 0 Å². The molecular weight excluding hydrogens is 208 g/mol. The lowest BCUT2D eigenvalue weighted by molar-refractivity contribution is 0.334. The third-order valence-corrected chi connectivity index (χ3v) is 2.89. The van der Waals surface area contributed by atoms with E-state index in [4.69, 9.17) is 4.74 Å². The monoisotopic (exact) mass is 232 g/mol. The van der Waals surface area contributed by atoms with Gasteiger partial charge >= 0.3 is 0 Å². The van der Waals surface area contributed by atoms with Crippen LogP contribution in [0.5, 0.6) is 5.75 Å². The summed E-state index contributed by atoms with van der Waals surface area (Å²) in [7, 11) is 0. The smallest absolute Gasteiger partial charge is 0.122 e. The Bertz CT molecular complexity index is 366. The zero-order valence-corrected chi connectivity index (χ0v) is 11.5. The van der Waals surface area contributed by atoms with E-state index in [1.54, 1.807) is 0 Å². The van der Waals surface area contributed by atoms with E-state index in [0.29, 0.717) is 5.92 Å². The van der Waals surface area contributed by atoms with E-state index in [1.807, 2.05) is 6.92 Å². The molecule has 0 bridgehead atoms. The number of hydrogen-bond donors (Lipinski definition) is 0. The molecule has 1 atom stereocenters. The first kappa shape index (κ1) is 13.8. The summed E-state index contributed by atoms with van der Waals surface area (Å²) in [5.41, 5.74) is 2.63. The standard InChI is InChI=1S/C16H24O/c1-5-7-8-9-14(4)15-12-13(3)10-11-16(15)17-6-2/h7-8,10-12,14H,5-6,9H2,1-4H3/b8-7-.